The number of pyridine rings is 2. The maximum absolute atomic E-state index is 13.0. The van der Waals surface area contributed by atoms with Crippen LogP contribution in [0.4, 0.5) is 11.4 Å². The van der Waals surface area contributed by atoms with E-state index in [2.05, 4.69) is 46.5 Å². The molecule has 0 aliphatic rings. The van der Waals surface area contributed by atoms with Crippen molar-refractivity contribution in [1.29, 1.82) is 0 Å². The quantitative estimate of drug-likeness (QED) is 0.104. The molecule has 9 rings (SSSR count). The van der Waals surface area contributed by atoms with Crippen LogP contribution in [0, 0.1) is 0 Å². The van der Waals surface area contributed by atoms with Gasteiger partial charge in [-0.25, -0.2) is 0 Å². The third-order valence-corrected chi connectivity index (χ3v) is 9.64. The minimum Gasteiger partial charge on any atom is -0.361 e. The van der Waals surface area contributed by atoms with Crippen LogP contribution in [-0.2, 0) is 0 Å². The Kier molecular flexibility index (Phi) is 8.75. The molecule has 0 atom stereocenters. The molecule has 11 heteroatoms. The van der Waals surface area contributed by atoms with Crippen molar-refractivity contribution in [3.63, 3.8) is 0 Å². The summed E-state index contributed by atoms with van der Waals surface area (Å²) < 4.78 is 0.750. The van der Waals surface area contributed by atoms with E-state index in [9.17, 15) is 19.2 Å². The number of hydrogen-bond donors (Lipinski definition) is 6. The van der Waals surface area contributed by atoms with Crippen LogP contribution in [0.2, 0.25) is 0 Å². The van der Waals surface area contributed by atoms with Crippen LogP contribution in [-0.4, -0.2) is 31.8 Å². The van der Waals surface area contributed by atoms with Gasteiger partial charge < -0.3 is 30.6 Å². The number of halogens is 1. The largest absolute Gasteiger partial charge is 0.361 e. The number of para-hydroxylation sites is 2. The molecule has 0 bridgehead atoms. The van der Waals surface area contributed by atoms with E-state index in [1.807, 2.05) is 97.3 Å². The molecule has 0 aliphatic carbocycles. The second-order valence-electron chi connectivity index (χ2n) is 12.3. The van der Waals surface area contributed by atoms with Gasteiger partial charge in [0.2, 0.25) is 10.9 Å². The average molecular weight is 762 g/mol. The first-order valence-electron chi connectivity index (χ1n) is 16.6. The fraction of sp³-hybridized carbons (Fsp3) is 0. The van der Waals surface area contributed by atoms with Crippen molar-refractivity contribution in [3.8, 4) is 11.1 Å². The number of rotatable bonds is 5. The SMILES string of the molecule is O=C(Nc1cc2[nH]ccc2cc1-c1ccccc1)c1c[nH]c2ccccc2c1=O.O=C(Nc1cc2[nH]ccc2cc1Br)c1c[nH]c2ccccc2c1=O. The van der Waals surface area contributed by atoms with Crippen LogP contribution in [0.3, 0.4) is 0 Å². The molecule has 0 saturated carbocycles. The molecule has 10 nitrogen and oxygen atoms in total. The van der Waals surface area contributed by atoms with Crippen molar-refractivity contribution in [2.24, 2.45) is 0 Å². The number of amides is 2. The zero-order valence-electron chi connectivity index (χ0n) is 27.8. The number of hydrogen-bond acceptors (Lipinski definition) is 4. The van der Waals surface area contributed by atoms with Crippen molar-refractivity contribution < 1.29 is 9.59 Å². The molecule has 53 heavy (non-hydrogen) atoms. The Labute approximate surface area is 309 Å². The summed E-state index contributed by atoms with van der Waals surface area (Å²) >= 11 is 3.45. The third kappa shape index (κ3) is 6.52. The lowest BCUT2D eigenvalue weighted by Crippen LogP contribution is -2.22. The fourth-order valence-corrected chi connectivity index (χ4v) is 6.74. The van der Waals surface area contributed by atoms with Gasteiger partial charge in [0.1, 0.15) is 11.1 Å². The number of anilines is 2. The lowest BCUT2D eigenvalue weighted by atomic mass is 10.0. The number of aromatic amines is 4. The molecule has 9 aromatic rings. The van der Waals surface area contributed by atoms with E-state index in [-0.39, 0.29) is 22.0 Å². The number of carbonyl (C=O) groups excluding carboxylic acids is 2. The lowest BCUT2D eigenvalue weighted by molar-refractivity contribution is 0.101. The molecule has 258 valence electrons. The second-order valence-corrected chi connectivity index (χ2v) is 13.1. The fourth-order valence-electron chi connectivity index (χ4n) is 6.28. The monoisotopic (exact) mass is 760 g/mol. The highest BCUT2D eigenvalue weighted by atomic mass is 79.9. The van der Waals surface area contributed by atoms with Gasteiger partial charge >= 0.3 is 0 Å². The Morgan fingerprint density at radius 2 is 1.00 bits per heavy atom. The molecule has 6 N–H and O–H groups in total. The number of fused-ring (bicyclic) bond motifs is 4. The average Bonchev–Trinajstić information content (AvgIpc) is 3.84. The summed E-state index contributed by atoms with van der Waals surface area (Å²) in [7, 11) is 0. The van der Waals surface area contributed by atoms with Crippen LogP contribution in [0.15, 0.2) is 154 Å². The Balaban J connectivity index is 0.000000154. The maximum atomic E-state index is 13.0. The normalized spacial score (nSPS) is 11.0. The lowest BCUT2D eigenvalue weighted by Gasteiger charge is -2.12. The Hall–Kier alpha value is -6.98. The molecule has 0 unspecified atom stereocenters. The third-order valence-electron chi connectivity index (χ3n) is 8.98. The van der Waals surface area contributed by atoms with E-state index >= 15 is 0 Å². The van der Waals surface area contributed by atoms with Crippen molar-refractivity contribution in [2.45, 2.75) is 0 Å². The van der Waals surface area contributed by atoms with Crippen molar-refractivity contribution >= 4 is 82.7 Å². The van der Waals surface area contributed by atoms with Gasteiger partial charge in [0.05, 0.1) is 11.4 Å². The standard InChI is InChI=1S/C24H17N3O2.C18H12BrN3O2/c28-23-17-8-4-5-9-20(17)26-14-19(23)24(29)27-22-13-21-16(10-11-25-21)12-18(22)15-6-2-1-3-7-15;19-13-7-10-5-6-20-15(10)8-16(13)22-18(24)12-9-21-14-4-2-1-3-11(14)17(12)23/h1-14,25H,(H,26,28)(H,27,29);1-9,20H,(H,21,23)(H,22,24). The number of aromatic nitrogens is 4. The van der Waals surface area contributed by atoms with Gasteiger partial charge in [0.25, 0.3) is 11.8 Å². The molecule has 0 aliphatic heterocycles. The van der Waals surface area contributed by atoms with E-state index in [0.717, 1.165) is 37.4 Å². The molecule has 4 heterocycles. The van der Waals surface area contributed by atoms with E-state index in [0.29, 0.717) is 33.2 Å². The zero-order chi connectivity index (χ0) is 36.5. The molecule has 0 spiro atoms. The van der Waals surface area contributed by atoms with Gasteiger partial charge in [0.15, 0.2) is 0 Å². The highest BCUT2D eigenvalue weighted by Crippen LogP contribution is 2.33. The molecule has 5 aromatic carbocycles. The number of H-pyrrole nitrogens is 4. The molecule has 0 saturated heterocycles. The van der Waals surface area contributed by atoms with E-state index in [1.165, 1.54) is 12.4 Å². The summed E-state index contributed by atoms with van der Waals surface area (Å²) in [6.45, 7) is 0. The zero-order valence-corrected chi connectivity index (χ0v) is 29.4. The predicted molar refractivity (Wildman–Crippen MR) is 215 cm³/mol. The predicted octanol–water partition coefficient (Wildman–Crippen LogP) is 8.95. The summed E-state index contributed by atoms with van der Waals surface area (Å²) in [5.41, 5.74) is 5.90. The molecule has 0 fully saturated rings. The van der Waals surface area contributed by atoms with Crippen LogP contribution in [0.25, 0.3) is 54.7 Å². The number of carbonyl (C=O) groups is 2. The van der Waals surface area contributed by atoms with Crippen LogP contribution in [0.5, 0.6) is 0 Å². The first-order chi connectivity index (χ1) is 25.8. The topological polar surface area (TPSA) is 155 Å². The minimum atomic E-state index is -0.450. The smallest absolute Gasteiger partial charge is 0.261 e. The molecular weight excluding hydrogens is 732 g/mol. The van der Waals surface area contributed by atoms with Gasteiger partial charge in [0, 0.05) is 78.4 Å². The number of nitrogens with one attached hydrogen (secondary N) is 6. The van der Waals surface area contributed by atoms with Crippen molar-refractivity contribution in [1.82, 2.24) is 19.9 Å². The molecular formula is C42H29BrN6O4. The second kappa shape index (κ2) is 14.0. The van der Waals surface area contributed by atoms with Crippen LogP contribution >= 0.6 is 15.9 Å². The highest BCUT2D eigenvalue weighted by molar-refractivity contribution is 9.10. The van der Waals surface area contributed by atoms with Crippen molar-refractivity contribution in [3.05, 3.63) is 176 Å². The van der Waals surface area contributed by atoms with Gasteiger partial charge in [-0.2, -0.15) is 0 Å². The van der Waals surface area contributed by atoms with Crippen LogP contribution in [0.1, 0.15) is 20.7 Å². The molecule has 0 radical (unpaired) electrons. The highest BCUT2D eigenvalue weighted by Gasteiger charge is 2.17. The van der Waals surface area contributed by atoms with Gasteiger partial charge in [-0.15, -0.1) is 0 Å². The summed E-state index contributed by atoms with van der Waals surface area (Å²) in [5.74, 6) is -0.895. The van der Waals surface area contributed by atoms with Gasteiger partial charge in [-0.1, -0.05) is 54.6 Å². The van der Waals surface area contributed by atoms with Gasteiger partial charge in [-0.05, 0) is 82.2 Å². The van der Waals surface area contributed by atoms with Crippen LogP contribution < -0.4 is 21.5 Å². The number of benzene rings is 5. The van der Waals surface area contributed by atoms with Crippen molar-refractivity contribution in [2.75, 3.05) is 10.6 Å². The van der Waals surface area contributed by atoms with E-state index in [1.54, 1.807) is 30.3 Å². The Bertz CT molecular complexity index is 2960. The summed E-state index contributed by atoms with van der Waals surface area (Å²) in [6, 6.07) is 35.7. The van der Waals surface area contributed by atoms with E-state index < -0.39 is 11.8 Å². The minimum absolute atomic E-state index is 0.0761. The molecule has 4 aromatic heterocycles. The Morgan fingerprint density at radius 1 is 0.509 bits per heavy atom. The summed E-state index contributed by atoms with van der Waals surface area (Å²) in [5, 5.41) is 8.78. The Morgan fingerprint density at radius 3 is 1.58 bits per heavy atom. The summed E-state index contributed by atoms with van der Waals surface area (Å²) in [6.07, 6.45) is 6.60. The first kappa shape index (κ1) is 33.2. The van der Waals surface area contributed by atoms with Gasteiger partial charge in [-0.3, -0.25) is 19.2 Å². The molecule has 2 amide bonds. The maximum Gasteiger partial charge on any atom is 0.261 e. The summed E-state index contributed by atoms with van der Waals surface area (Å²) in [4.78, 5) is 63.1. The van der Waals surface area contributed by atoms with E-state index in [4.69, 9.17) is 0 Å². The first-order valence-corrected chi connectivity index (χ1v) is 17.4.